The maximum Gasteiger partial charge on any atom is 0.191 e. The van der Waals surface area contributed by atoms with Crippen molar-refractivity contribution in [3.63, 3.8) is 0 Å². The lowest BCUT2D eigenvalue weighted by atomic mass is 10.2. The number of aliphatic imine (C=N–C) groups is 1. The van der Waals surface area contributed by atoms with Gasteiger partial charge >= 0.3 is 0 Å². The molecule has 0 spiro atoms. The minimum Gasteiger partial charge on any atom is -0.489 e. The smallest absolute Gasteiger partial charge is 0.191 e. The molecule has 140 valence electrons. The topological polar surface area (TPSA) is 68.0 Å². The zero-order valence-corrected chi connectivity index (χ0v) is 15.2. The Balaban J connectivity index is 1.65. The minimum atomic E-state index is 0.488. The third-order valence-corrected chi connectivity index (χ3v) is 3.58. The van der Waals surface area contributed by atoms with Crippen molar-refractivity contribution >= 4 is 5.96 Å². The molecule has 6 nitrogen and oxygen atoms in total. The van der Waals surface area contributed by atoms with Gasteiger partial charge in [0, 0.05) is 32.3 Å². The van der Waals surface area contributed by atoms with Gasteiger partial charge in [-0.25, -0.2) is 0 Å². The van der Waals surface area contributed by atoms with E-state index >= 15 is 0 Å². The molecule has 0 fully saturated rings. The number of para-hydroxylation sites is 1. The molecule has 0 saturated carbocycles. The Hall–Kier alpha value is -2.73. The van der Waals surface area contributed by atoms with Crippen LogP contribution < -0.4 is 15.4 Å². The fourth-order valence-electron chi connectivity index (χ4n) is 2.29. The van der Waals surface area contributed by atoms with Gasteiger partial charge in [0.05, 0.1) is 6.26 Å². The van der Waals surface area contributed by atoms with Crippen molar-refractivity contribution in [1.82, 2.24) is 10.6 Å². The first-order valence-electron chi connectivity index (χ1n) is 8.69. The van der Waals surface area contributed by atoms with Crippen LogP contribution in [0.3, 0.4) is 0 Å². The quantitative estimate of drug-likeness (QED) is 0.280. The standard InChI is InChI=1S/C20H27N3O3/c1-3-12-26-19-10-5-4-8-17(19)15-23-20(21-2)22-11-7-13-24-16-18-9-6-14-25-18/h3-6,8-10,14H,1,7,11-13,15-16H2,2H3,(H2,21,22,23). The van der Waals surface area contributed by atoms with E-state index in [2.05, 4.69) is 22.2 Å². The van der Waals surface area contributed by atoms with Crippen molar-refractivity contribution in [1.29, 1.82) is 0 Å². The molecule has 0 bridgehead atoms. The normalized spacial score (nSPS) is 11.2. The highest BCUT2D eigenvalue weighted by atomic mass is 16.5. The molecular weight excluding hydrogens is 330 g/mol. The summed E-state index contributed by atoms with van der Waals surface area (Å²) in [5.74, 6) is 2.43. The second-order valence-corrected chi connectivity index (χ2v) is 5.55. The van der Waals surface area contributed by atoms with E-state index in [1.165, 1.54) is 0 Å². The van der Waals surface area contributed by atoms with Gasteiger partial charge in [-0.2, -0.15) is 0 Å². The molecule has 0 radical (unpaired) electrons. The molecule has 0 amide bonds. The lowest BCUT2D eigenvalue weighted by Crippen LogP contribution is -2.37. The third-order valence-electron chi connectivity index (χ3n) is 3.58. The van der Waals surface area contributed by atoms with Crippen LogP contribution in [0.25, 0.3) is 0 Å². The van der Waals surface area contributed by atoms with Crippen LogP contribution in [0, 0.1) is 0 Å². The molecule has 2 aromatic rings. The average molecular weight is 357 g/mol. The van der Waals surface area contributed by atoms with Crippen molar-refractivity contribution in [2.45, 2.75) is 19.6 Å². The van der Waals surface area contributed by atoms with Gasteiger partial charge in [0.15, 0.2) is 5.96 Å². The average Bonchev–Trinajstić information content (AvgIpc) is 3.19. The number of hydrogen-bond donors (Lipinski definition) is 2. The number of nitrogens with zero attached hydrogens (tertiary/aromatic N) is 1. The number of ether oxygens (including phenoxy) is 2. The van der Waals surface area contributed by atoms with Crippen LogP contribution in [0.15, 0.2) is 64.7 Å². The summed E-state index contributed by atoms with van der Waals surface area (Å²) >= 11 is 0. The molecule has 26 heavy (non-hydrogen) atoms. The first-order chi connectivity index (χ1) is 12.8. The Bertz CT molecular complexity index is 669. The van der Waals surface area contributed by atoms with E-state index in [1.54, 1.807) is 19.4 Å². The van der Waals surface area contributed by atoms with E-state index in [4.69, 9.17) is 13.9 Å². The highest BCUT2D eigenvalue weighted by molar-refractivity contribution is 5.79. The summed E-state index contributed by atoms with van der Waals surface area (Å²) in [6, 6.07) is 11.7. The summed E-state index contributed by atoms with van der Waals surface area (Å²) < 4.78 is 16.4. The Morgan fingerprint density at radius 2 is 2.12 bits per heavy atom. The van der Waals surface area contributed by atoms with Gasteiger partial charge in [0.2, 0.25) is 0 Å². The van der Waals surface area contributed by atoms with E-state index in [1.807, 2.05) is 36.4 Å². The molecule has 1 aromatic heterocycles. The van der Waals surface area contributed by atoms with Crippen LogP contribution >= 0.6 is 0 Å². The highest BCUT2D eigenvalue weighted by Crippen LogP contribution is 2.17. The lowest BCUT2D eigenvalue weighted by molar-refractivity contribution is 0.105. The first-order valence-corrected chi connectivity index (χ1v) is 8.69. The Kier molecular flexibility index (Phi) is 8.86. The van der Waals surface area contributed by atoms with Crippen molar-refractivity contribution in [2.24, 2.45) is 4.99 Å². The molecular formula is C20H27N3O3. The van der Waals surface area contributed by atoms with Crippen molar-refractivity contribution < 1.29 is 13.9 Å². The molecule has 6 heteroatoms. The number of rotatable bonds is 11. The summed E-state index contributed by atoms with van der Waals surface area (Å²) in [6.45, 7) is 6.72. The number of hydrogen-bond acceptors (Lipinski definition) is 4. The van der Waals surface area contributed by atoms with E-state index < -0.39 is 0 Å². The number of guanidine groups is 1. The highest BCUT2D eigenvalue weighted by Gasteiger charge is 2.04. The van der Waals surface area contributed by atoms with Crippen LogP contribution in [-0.4, -0.2) is 32.8 Å². The predicted molar refractivity (Wildman–Crippen MR) is 103 cm³/mol. The molecule has 1 heterocycles. The molecule has 0 aliphatic carbocycles. The van der Waals surface area contributed by atoms with Crippen molar-refractivity contribution in [2.75, 3.05) is 26.8 Å². The maximum absolute atomic E-state index is 5.67. The Labute approximate surface area is 154 Å². The van der Waals surface area contributed by atoms with Crippen LogP contribution in [0.2, 0.25) is 0 Å². The van der Waals surface area contributed by atoms with E-state index in [0.717, 1.165) is 36.0 Å². The SMILES string of the molecule is C=CCOc1ccccc1CNC(=NC)NCCCOCc1ccco1. The second kappa shape index (κ2) is 11.8. The molecule has 0 saturated heterocycles. The van der Waals surface area contributed by atoms with E-state index in [0.29, 0.717) is 26.4 Å². The molecule has 0 aliphatic rings. The Morgan fingerprint density at radius 1 is 1.23 bits per heavy atom. The fourth-order valence-corrected chi connectivity index (χ4v) is 2.29. The fraction of sp³-hybridized carbons (Fsp3) is 0.350. The molecule has 2 N–H and O–H groups in total. The summed E-state index contributed by atoms with van der Waals surface area (Å²) in [5.41, 5.74) is 1.07. The third kappa shape index (κ3) is 7.03. The number of benzene rings is 1. The monoisotopic (exact) mass is 357 g/mol. The van der Waals surface area contributed by atoms with Crippen LogP contribution in [-0.2, 0) is 17.9 Å². The minimum absolute atomic E-state index is 0.488. The van der Waals surface area contributed by atoms with Crippen LogP contribution in [0.5, 0.6) is 5.75 Å². The van der Waals surface area contributed by atoms with Gasteiger partial charge in [-0.05, 0) is 24.6 Å². The van der Waals surface area contributed by atoms with Gasteiger partial charge in [-0.15, -0.1) is 0 Å². The van der Waals surface area contributed by atoms with Crippen molar-refractivity contribution in [3.05, 3.63) is 66.6 Å². The van der Waals surface area contributed by atoms with E-state index in [-0.39, 0.29) is 0 Å². The first kappa shape index (κ1) is 19.6. The van der Waals surface area contributed by atoms with Gasteiger partial charge in [0.1, 0.15) is 24.7 Å². The molecule has 2 rings (SSSR count). The second-order valence-electron chi connectivity index (χ2n) is 5.55. The van der Waals surface area contributed by atoms with Gasteiger partial charge in [0.25, 0.3) is 0 Å². The lowest BCUT2D eigenvalue weighted by Gasteiger charge is -2.14. The maximum atomic E-state index is 5.67. The molecule has 1 aromatic carbocycles. The van der Waals surface area contributed by atoms with Crippen LogP contribution in [0.1, 0.15) is 17.7 Å². The van der Waals surface area contributed by atoms with E-state index in [9.17, 15) is 0 Å². The predicted octanol–water partition coefficient (Wildman–Crippen LogP) is 3.12. The number of furan rings is 1. The van der Waals surface area contributed by atoms with Gasteiger partial charge in [-0.3, -0.25) is 4.99 Å². The zero-order chi connectivity index (χ0) is 18.5. The number of nitrogens with one attached hydrogen (secondary N) is 2. The van der Waals surface area contributed by atoms with Crippen molar-refractivity contribution in [3.8, 4) is 5.75 Å². The summed E-state index contributed by atoms with van der Waals surface area (Å²) in [6.07, 6.45) is 4.26. The summed E-state index contributed by atoms with van der Waals surface area (Å²) in [7, 11) is 1.75. The summed E-state index contributed by atoms with van der Waals surface area (Å²) in [5, 5.41) is 6.57. The molecule has 0 atom stereocenters. The van der Waals surface area contributed by atoms with Gasteiger partial charge < -0.3 is 24.5 Å². The summed E-state index contributed by atoms with van der Waals surface area (Å²) in [4.78, 5) is 4.24. The molecule has 0 unspecified atom stereocenters. The van der Waals surface area contributed by atoms with Crippen LogP contribution in [0.4, 0.5) is 0 Å². The largest absolute Gasteiger partial charge is 0.489 e. The van der Waals surface area contributed by atoms with Gasteiger partial charge in [-0.1, -0.05) is 30.9 Å². The Morgan fingerprint density at radius 3 is 2.88 bits per heavy atom. The zero-order valence-electron chi connectivity index (χ0n) is 15.2. The molecule has 0 aliphatic heterocycles.